The average molecular weight is 268 g/mol. The first-order chi connectivity index (χ1) is 9.42. The van der Waals surface area contributed by atoms with Crippen LogP contribution in [0.5, 0.6) is 0 Å². The Kier molecular flexibility index (Phi) is 7.18. The maximum Gasteiger partial charge on any atom is 0.0587 e. The zero-order valence-electron chi connectivity index (χ0n) is 12.7. The minimum atomic E-state index is 0.829. The monoisotopic (exact) mass is 268 g/mol. The Balaban J connectivity index is 1.56. The zero-order chi connectivity index (χ0) is 13.3. The molecule has 112 valence electrons. The number of unbranched alkanes of at least 4 members (excludes halogenated alkanes) is 1. The lowest BCUT2D eigenvalue weighted by Gasteiger charge is -2.44. The van der Waals surface area contributed by atoms with E-state index in [1.54, 1.807) is 7.11 Å². The molecule has 2 atom stereocenters. The molecular formula is C16H32N2O. The van der Waals surface area contributed by atoms with Gasteiger partial charge in [0.05, 0.1) is 6.61 Å². The summed E-state index contributed by atoms with van der Waals surface area (Å²) in [7, 11) is 1.76. The first-order valence-corrected chi connectivity index (χ1v) is 8.35. The van der Waals surface area contributed by atoms with Gasteiger partial charge in [-0.15, -0.1) is 0 Å². The SMILES string of the molecule is COCCNCCCCN1CCCC2CCCCC21. The number of rotatable bonds is 8. The van der Waals surface area contributed by atoms with Crippen molar-refractivity contribution in [1.29, 1.82) is 0 Å². The van der Waals surface area contributed by atoms with Crippen molar-refractivity contribution in [3.05, 3.63) is 0 Å². The number of likely N-dealkylation sites (tertiary alicyclic amines) is 1. The van der Waals surface area contributed by atoms with Crippen LogP contribution in [-0.2, 0) is 4.74 Å². The van der Waals surface area contributed by atoms with E-state index >= 15 is 0 Å². The van der Waals surface area contributed by atoms with Gasteiger partial charge < -0.3 is 15.0 Å². The highest BCUT2D eigenvalue weighted by Gasteiger charge is 2.32. The van der Waals surface area contributed by atoms with Crippen molar-refractivity contribution in [2.75, 3.05) is 39.9 Å². The number of hydrogen-bond donors (Lipinski definition) is 1. The molecule has 0 aromatic heterocycles. The number of ether oxygens (including phenoxy) is 1. The molecule has 2 unspecified atom stereocenters. The molecule has 0 aromatic carbocycles. The molecular weight excluding hydrogens is 236 g/mol. The van der Waals surface area contributed by atoms with E-state index in [9.17, 15) is 0 Å². The van der Waals surface area contributed by atoms with Crippen molar-refractivity contribution < 1.29 is 4.74 Å². The third-order valence-electron chi connectivity index (χ3n) is 4.89. The molecule has 0 radical (unpaired) electrons. The van der Waals surface area contributed by atoms with E-state index in [1.165, 1.54) is 64.5 Å². The van der Waals surface area contributed by atoms with Gasteiger partial charge in [-0.1, -0.05) is 12.8 Å². The summed E-state index contributed by atoms with van der Waals surface area (Å²) < 4.78 is 5.03. The van der Waals surface area contributed by atoms with Crippen LogP contribution >= 0.6 is 0 Å². The number of nitrogens with zero attached hydrogens (tertiary/aromatic N) is 1. The van der Waals surface area contributed by atoms with Gasteiger partial charge in [0.15, 0.2) is 0 Å². The summed E-state index contributed by atoms with van der Waals surface area (Å²) in [4.78, 5) is 2.81. The molecule has 19 heavy (non-hydrogen) atoms. The summed E-state index contributed by atoms with van der Waals surface area (Å²) in [5.41, 5.74) is 0. The van der Waals surface area contributed by atoms with Crippen molar-refractivity contribution >= 4 is 0 Å². The Labute approximate surface area is 119 Å². The predicted molar refractivity (Wildman–Crippen MR) is 80.5 cm³/mol. The molecule has 0 amide bonds. The summed E-state index contributed by atoms with van der Waals surface area (Å²) in [5.74, 6) is 1.03. The van der Waals surface area contributed by atoms with Crippen LogP contribution in [0.4, 0.5) is 0 Å². The smallest absolute Gasteiger partial charge is 0.0587 e. The van der Waals surface area contributed by atoms with Crippen LogP contribution in [0.3, 0.4) is 0 Å². The van der Waals surface area contributed by atoms with Crippen molar-refractivity contribution in [3.8, 4) is 0 Å². The van der Waals surface area contributed by atoms with Gasteiger partial charge in [0.1, 0.15) is 0 Å². The lowest BCUT2D eigenvalue weighted by molar-refractivity contribution is 0.0597. The Morgan fingerprint density at radius 3 is 2.79 bits per heavy atom. The molecule has 1 saturated carbocycles. The Bertz CT molecular complexity index is 233. The summed E-state index contributed by atoms with van der Waals surface area (Å²) >= 11 is 0. The van der Waals surface area contributed by atoms with Crippen molar-refractivity contribution in [2.45, 2.75) is 57.4 Å². The molecule has 1 heterocycles. The lowest BCUT2D eigenvalue weighted by atomic mass is 9.78. The van der Waals surface area contributed by atoms with E-state index < -0.39 is 0 Å². The van der Waals surface area contributed by atoms with Crippen LogP contribution in [0.2, 0.25) is 0 Å². The van der Waals surface area contributed by atoms with Gasteiger partial charge in [-0.25, -0.2) is 0 Å². The molecule has 3 heteroatoms. The highest BCUT2D eigenvalue weighted by Crippen LogP contribution is 2.35. The second-order valence-electron chi connectivity index (χ2n) is 6.24. The van der Waals surface area contributed by atoms with E-state index in [0.29, 0.717) is 0 Å². The maximum absolute atomic E-state index is 5.03. The molecule has 1 aliphatic carbocycles. The quantitative estimate of drug-likeness (QED) is 0.685. The van der Waals surface area contributed by atoms with Crippen LogP contribution in [0, 0.1) is 5.92 Å². The number of fused-ring (bicyclic) bond motifs is 1. The van der Waals surface area contributed by atoms with Gasteiger partial charge in [0.25, 0.3) is 0 Å². The van der Waals surface area contributed by atoms with Crippen molar-refractivity contribution in [1.82, 2.24) is 10.2 Å². The summed E-state index contributed by atoms with van der Waals surface area (Å²) in [5, 5.41) is 3.44. The summed E-state index contributed by atoms with van der Waals surface area (Å²) in [6.45, 7) is 5.65. The summed E-state index contributed by atoms with van der Waals surface area (Å²) in [6.07, 6.45) is 11.5. The summed E-state index contributed by atoms with van der Waals surface area (Å²) in [6, 6.07) is 0.934. The molecule has 0 bridgehead atoms. The minimum absolute atomic E-state index is 0.829. The standard InChI is InChI=1S/C16H32N2O/c1-19-14-11-17-10-4-5-12-18-13-6-8-15-7-2-3-9-16(15)18/h15-17H,2-14H2,1H3. The molecule has 3 nitrogen and oxygen atoms in total. The van der Waals surface area contributed by atoms with Gasteiger partial charge >= 0.3 is 0 Å². The average Bonchev–Trinajstić information content (AvgIpc) is 2.46. The van der Waals surface area contributed by atoms with E-state index in [1.807, 2.05) is 0 Å². The fourth-order valence-electron chi connectivity index (χ4n) is 3.87. The van der Waals surface area contributed by atoms with Crippen LogP contribution in [0.25, 0.3) is 0 Å². The highest BCUT2D eigenvalue weighted by atomic mass is 16.5. The normalized spacial score (nSPS) is 28.3. The molecule has 2 rings (SSSR count). The molecule has 1 aliphatic heterocycles. The van der Waals surface area contributed by atoms with E-state index in [-0.39, 0.29) is 0 Å². The van der Waals surface area contributed by atoms with Gasteiger partial charge in [0.2, 0.25) is 0 Å². The first kappa shape index (κ1) is 15.3. The molecule has 0 spiro atoms. The van der Waals surface area contributed by atoms with Gasteiger partial charge in [-0.05, 0) is 64.1 Å². The Morgan fingerprint density at radius 2 is 1.89 bits per heavy atom. The largest absolute Gasteiger partial charge is 0.383 e. The van der Waals surface area contributed by atoms with Crippen LogP contribution in [0.15, 0.2) is 0 Å². The number of piperidine rings is 1. The minimum Gasteiger partial charge on any atom is -0.383 e. The maximum atomic E-state index is 5.03. The Hall–Kier alpha value is -0.120. The molecule has 2 fully saturated rings. The number of nitrogens with one attached hydrogen (secondary N) is 1. The molecule has 1 saturated heterocycles. The fraction of sp³-hybridized carbons (Fsp3) is 1.00. The van der Waals surface area contributed by atoms with Crippen LogP contribution in [0.1, 0.15) is 51.4 Å². The topological polar surface area (TPSA) is 24.5 Å². The third-order valence-corrected chi connectivity index (χ3v) is 4.89. The van der Waals surface area contributed by atoms with E-state index in [4.69, 9.17) is 4.74 Å². The van der Waals surface area contributed by atoms with Gasteiger partial charge in [0, 0.05) is 19.7 Å². The molecule has 1 N–H and O–H groups in total. The lowest BCUT2D eigenvalue weighted by Crippen LogP contribution is -2.47. The first-order valence-electron chi connectivity index (χ1n) is 8.35. The number of methoxy groups -OCH3 is 1. The fourth-order valence-corrected chi connectivity index (χ4v) is 3.87. The van der Waals surface area contributed by atoms with E-state index in [0.717, 1.165) is 31.7 Å². The number of hydrogen-bond acceptors (Lipinski definition) is 3. The molecule has 0 aromatic rings. The van der Waals surface area contributed by atoms with Crippen LogP contribution in [-0.4, -0.2) is 50.8 Å². The molecule has 2 aliphatic rings. The highest BCUT2D eigenvalue weighted by molar-refractivity contribution is 4.87. The Morgan fingerprint density at radius 1 is 1.05 bits per heavy atom. The predicted octanol–water partition coefficient (Wildman–Crippen LogP) is 2.66. The zero-order valence-corrected chi connectivity index (χ0v) is 12.7. The van der Waals surface area contributed by atoms with Gasteiger partial charge in [-0.2, -0.15) is 0 Å². The third kappa shape index (κ3) is 5.05. The van der Waals surface area contributed by atoms with Crippen molar-refractivity contribution in [3.63, 3.8) is 0 Å². The second-order valence-corrected chi connectivity index (χ2v) is 6.24. The second kappa shape index (κ2) is 8.93. The van der Waals surface area contributed by atoms with Crippen molar-refractivity contribution in [2.24, 2.45) is 5.92 Å². The van der Waals surface area contributed by atoms with E-state index in [2.05, 4.69) is 10.2 Å². The van der Waals surface area contributed by atoms with Crippen LogP contribution < -0.4 is 5.32 Å². The van der Waals surface area contributed by atoms with Gasteiger partial charge in [-0.3, -0.25) is 0 Å².